The SMILES string of the molecule is CC(C)CCNC(C)CCc1ccc(N)nc1. The zero-order valence-electron chi connectivity index (χ0n) is 11.2. The molecule has 1 aromatic heterocycles. The van der Waals surface area contributed by atoms with E-state index in [0.29, 0.717) is 11.9 Å². The van der Waals surface area contributed by atoms with Gasteiger partial charge in [-0.15, -0.1) is 0 Å². The fraction of sp³-hybridized carbons (Fsp3) is 0.643. The van der Waals surface area contributed by atoms with Crippen LogP contribution in [0.25, 0.3) is 0 Å². The largest absolute Gasteiger partial charge is 0.384 e. The van der Waals surface area contributed by atoms with Gasteiger partial charge in [0.05, 0.1) is 0 Å². The molecule has 0 saturated heterocycles. The van der Waals surface area contributed by atoms with Gasteiger partial charge in [0.15, 0.2) is 0 Å². The van der Waals surface area contributed by atoms with Crippen LogP contribution in [0.1, 0.15) is 39.2 Å². The first-order valence-electron chi connectivity index (χ1n) is 6.51. The van der Waals surface area contributed by atoms with Gasteiger partial charge in [-0.05, 0) is 50.3 Å². The van der Waals surface area contributed by atoms with Crippen molar-refractivity contribution >= 4 is 5.82 Å². The summed E-state index contributed by atoms with van der Waals surface area (Å²) in [6.45, 7) is 7.86. The van der Waals surface area contributed by atoms with Crippen molar-refractivity contribution in [3.63, 3.8) is 0 Å². The molecule has 3 nitrogen and oxygen atoms in total. The van der Waals surface area contributed by atoms with Gasteiger partial charge in [0, 0.05) is 12.2 Å². The maximum Gasteiger partial charge on any atom is 0.123 e. The number of pyridine rings is 1. The molecule has 1 rings (SSSR count). The van der Waals surface area contributed by atoms with Crippen molar-refractivity contribution < 1.29 is 0 Å². The average molecular weight is 235 g/mol. The highest BCUT2D eigenvalue weighted by atomic mass is 14.9. The number of anilines is 1. The summed E-state index contributed by atoms with van der Waals surface area (Å²) in [6, 6.07) is 4.49. The van der Waals surface area contributed by atoms with Gasteiger partial charge < -0.3 is 11.1 Å². The Morgan fingerprint density at radius 2 is 2.00 bits per heavy atom. The Hall–Kier alpha value is -1.09. The molecule has 1 aromatic rings. The van der Waals surface area contributed by atoms with Crippen LogP contribution in [0.15, 0.2) is 18.3 Å². The predicted molar refractivity (Wildman–Crippen MR) is 73.9 cm³/mol. The fourth-order valence-corrected chi connectivity index (χ4v) is 1.69. The van der Waals surface area contributed by atoms with E-state index in [0.717, 1.165) is 25.3 Å². The Morgan fingerprint density at radius 3 is 2.59 bits per heavy atom. The third-order valence-corrected chi connectivity index (χ3v) is 2.93. The number of aromatic nitrogens is 1. The first-order chi connectivity index (χ1) is 8.08. The summed E-state index contributed by atoms with van der Waals surface area (Å²) in [5, 5.41) is 3.55. The van der Waals surface area contributed by atoms with Crippen molar-refractivity contribution in [2.24, 2.45) is 5.92 Å². The molecule has 3 heteroatoms. The van der Waals surface area contributed by atoms with Crippen LogP contribution < -0.4 is 11.1 Å². The monoisotopic (exact) mass is 235 g/mol. The number of nitrogen functional groups attached to an aromatic ring is 1. The molecule has 0 radical (unpaired) electrons. The second-order valence-electron chi connectivity index (χ2n) is 5.17. The maximum atomic E-state index is 5.55. The summed E-state index contributed by atoms with van der Waals surface area (Å²) < 4.78 is 0. The van der Waals surface area contributed by atoms with E-state index in [1.807, 2.05) is 12.3 Å². The number of nitrogens with zero attached hydrogens (tertiary/aromatic N) is 1. The molecular weight excluding hydrogens is 210 g/mol. The lowest BCUT2D eigenvalue weighted by molar-refractivity contribution is 0.469. The average Bonchev–Trinajstić information content (AvgIpc) is 2.28. The number of nitrogens with one attached hydrogen (secondary N) is 1. The van der Waals surface area contributed by atoms with Crippen molar-refractivity contribution in [3.8, 4) is 0 Å². The van der Waals surface area contributed by atoms with Gasteiger partial charge in [-0.25, -0.2) is 4.98 Å². The van der Waals surface area contributed by atoms with E-state index in [2.05, 4.69) is 37.1 Å². The molecule has 0 aliphatic heterocycles. The molecule has 17 heavy (non-hydrogen) atoms. The van der Waals surface area contributed by atoms with Gasteiger partial charge in [-0.1, -0.05) is 19.9 Å². The van der Waals surface area contributed by atoms with Gasteiger partial charge in [-0.2, -0.15) is 0 Å². The van der Waals surface area contributed by atoms with Gasteiger partial charge in [-0.3, -0.25) is 0 Å². The second kappa shape index (κ2) is 7.28. The van der Waals surface area contributed by atoms with E-state index >= 15 is 0 Å². The second-order valence-corrected chi connectivity index (χ2v) is 5.17. The van der Waals surface area contributed by atoms with Crippen LogP contribution in [0, 0.1) is 5.92 Å². The first-order valence-corrected chi connectivity index (χ1v) is 6.51. The quantitative estimate of drug-likeness (QED) is 0.764. The van der Waals surface area contributed by atoms with E-state index < -0.39 is 0 Å². The number of rotatable bonds is 7. The van der Waals surface area contributed by atoms with Crippen LogP contribution in [0.3, 0.4) is 0 Å². The zero-order chi connectivity index (χ0) is 12.7. The molecule has 0 spiro atoms. The van der Waals surface area contributed by atoms with Crippen molar-refractivity contribution in [2.75, 3.05) is 12.3 Å². The minimum atomic E-state index is 0.561. The summed E-state index contributed by atoms with van der Waals surface area (Å²) >= 11 is 0. The summed E-state index contributed by atoms with van der Waals surface area (Å²) in [5.41, 5.74) is 6.81. The van der Waals surface area contributed by atoms with E-state index in [-0.39, 0.29) is 0 Å². The predicted octanol–water partition coefficient (Wildman–Crippen LogP) is 2.62. The number of nitrogens with two attached hydrogens (primary N) is 1. The molecule has 3 N–H and O–H groups in total. The van der Waals surface area contributed by atoms with Crippen LogP contribution in [-0.4, -0.2) is 17.6 Å². The lowest BCUT2D eigenvalue weighted by Crippen LogP contribution is -2.28. The normalized spacial score (nSPS) is 12.9. The third kappa shape index (κ3) is 6.27. The van der Waals surface area contributed by atoms with E-state index in [1.165, 1.54) is 12.0 Å². The summed E-state index contributed by atoms with van der Waals surface area (Å²) in [4.78, 5) is 4.10. The van der Waals surface area contributed by atoms with Crippen molar-refractivity contribution in [3.05, 3.63) is 23.9 Å². The Bertz CT molecular complexity index is 306. The molecular formula is C14H25N3. The Kier molecular flexibility index (Phi) is 5.98. The molecule has 0 saturated carbocycles. The molecule has 0 aliphatic carbocycles. The maximum absolute atomic E-state index is 5.55. The minimum absolute atomic E-state index is 0.561. The van der Waals surface area contributed by atoms with Crippen LogP contribution in [0.2, 0.25) is 0 Å². The molecule has 0 bridgehead atoms. The smallest absolute Gasteiger partial charge is 0.123 e. The zero-order valence-corrected chi connectivity index (χ0v) is 11.2. The Morgan fingerprint density at radius 1 is 1.24 bits per heavy atom. The van der Waals surface area contributed by atoms with Crippen LogP contribution in [-0.2, 0) is 6.42 Å². The van der Waals surface area contributed by atoms with E-state index in [4.69, 9.17) is 5.73 Å². The highest BCUT2D eigenvalue weighted by Gasteiger charge is 2.03. The van der Waals surface area contributed by atoms with Crippen molar-refractivity contribution in [1.82, 2.24) is 10.3 Å². The summed E-state index contributed by atoms with van der Waals surface area (Å²) in [5.74, 6) is 1.37. The summed E-state index contributed by atoms with van der Waals surface area (Å²) in [6.07, 6.45) is 5.32. The van der Waals surface area contributed by atoms with Crippen LogP contribution >= 0.6 is 0 Å². The van der Waals surface area contributed by atoms with Crippen molar-refractivity contribution in [2.45, 2.75) is 46.1 Å². The lowest BCUT2D eigenvalue weighted by Gasteiger charge is -2.14. The molecule has 1 atom stereocenters. The molecule has 0 aliphatic rings. The molecule has 1 heterocycles. The van der Waals surface area contributed by atoms with Gasteiger partial charge in [0.25, 0.3) is 0 Å². The molecule has 96 valence electrons. The van der Waals surface area contributed by atoms with Gasteiger partial charge in [0.2, 0.25) is 0 Å². The first kappa shape index (κ1) is 14.0. The van der Waals surface area contributed by atoms with Gasteiger partial charge >= 0.3 is 0 Å². The van der Waals surface area contributed by atoms with Crippen molar-refractivity contribution in [1.29, 1.82) is 0 Å². The highest BCUT2D eigenvalue weighted by molar-refractivity contribution is 5.29. The molecule has 0 fully saturated rings. The molecule has 1 unspecified atom stereocenters. The third-order valence-electron chi connectivity index (χ3n) is 2.93. The number of aryl methyl sites for hydroxylation is 1. The fourth-order valence-electron chi connectivity index (χ4n) is 1.69. The van der Waals surface area contributed by atoms with E-state index in [1.54, 1.807) is 0 Å². The van der Waals surface area contributed by atoms with Crippen LogP contribution in [0.5, 0.6) is 0 Å². The number of hydrogen-bond donors (Lipinski definition) is 2. The highest BCUT2D eigenvalue weighted by Crippen LogP contribution is 2.06. The molecule has 0 aromatic carbocycles. The minimum Gasteiger partial charge on any atom is -0.384 e. The topological polar surface area (TPSA) is 50.9 Å². The Labute approximate surface area is 105 Å². The van der Waals surface area contributed by atoms with E-state index in [9.17, 15) is 0 Å². The summed E-state index contributed by atoms with van der Waals surface area (Å²) in [7, 11) is 0. The van der Waals surface area contributed by atoms with Gasteiger partial charge in [0.1, 0.15) is 5.82 Å². The van der Waals surface area contributed by atoms with Crippen LogP contribution in [0.4, 0.5) is 5.82 Å². The Balaban J connectivity index is 2.19. The standard InChI is InChI=1S/C14H25N3/c1-11(2)8-9-16-12(3)4-5-13-6-7-14(15)17-10-13/h6-7,10-12,16H,4-5,8-9H2,1-3H3,(H2,15,17). The molecule has 0 amide bonds. The number of hydrogen-bond acceptors (Lipinski definition) is 3. The lowest BCUT2D eigenvalue weighted by atomic mass is 10.1.